The van der Waals surface area contributed by atoms with Crippen LogP contribution in [-0.2, 0) is 0 Å². The standard InChI is InChI=1S/C22H33N3O/c1-16(2)17-8-10-18(11-9-17)25-14-12-22(13-15-25)23-21(26)19-6-4-5-7-20(19)24(22)3/h4-7,16-18H,8-15H2,1-3H3,(H,23,26). The van der Waals surface area contributed by atoms with Crippen LogP contribution in [0.4, 0.5) is 5.69 Å². The number of amides is 1. The average Bonchev–Trinajstić information content (AvgIpc) is 2.67. The van der Waals surface area contributed by atoms with Crippen molar-refractivity contribution in [2.75, 3.05) is 25.0 Å². The first-order valence-electron chi connectivity index (χ1n) is 10.4. The number of piperidine rings is 1. The summed E-state index contributed by atoms with van der Waals surface area (Å²) in [6.45, 7) is 6.91. The van der Waals surface area contributed by atoms with Crippen LogP contribution in [0.2, 0.25) is 0 Å². The maximum absolute atomic E-state index is 12.6. The predicted octanol–water partition coefficient (Wildman–Crippen LogP) is 3.87. The molecule has 2 fully saturated rings. The lowest BCUT2D eigenvalue weighted by molar-refractivity contribution is 0.0568. The number of carbonyl (C=O) groups excluding carboxylic acids is 1. The van der Waals surface area contributed by atoms with Gasteiger partial charge in [0.2, 0.25) is 0 Å². The van der Waals surface area contributed by atoms with E-state index in [-0.39, 0.29) is 11.6 Å². The van der Waals surface area contributed by atoms with Crippen molar-refractivity contribution in [1.82, 2.24) is 10.2 Å². The molecular formula is C22H33N3O. The number of para-hydroxylation sites is 1. The molecule has 1 saturated carbocycles. The maximum atomic E-state index is 12.6. The van der Waals surface area contributed by atoms with E-state index in [1.54, 1.807) is 0 Å². The number of hydrogen-bond acceptors (Lipinski definition) is 3. The first-order chi connectivity index (χ1) is 12.5. The van der Waals surface area contributed by atoms with Gasteiger partial charge in [0, 0.05) is 39.0 Å². The zero-order valence-corrected chi connectivity index (χ0v) is 16.5. The smallest absolute Gasteiger partial charge is 0.255 e. The maximum Gasteiger partial charge on any atom is 0.255 e. The van der Waals surface area contributed by atoms with Crippen LogP contribution in [0.15, 0.2) is 24.3 Å². The lowest BCUT2D eigenvalue weighted by Crippen LogP contribution is -2.67. The van der Waals surface area contributed by atoms with Gasteiger partial charge in [-0.15, -0.1) is 0 Å². The molecule has 142 valence electrons. The second-order valence-corrected chi connectivity index (χ2v) is 8.91. The molecular weight excluding hydrogens is 322 g/mol. The molecule has 1 aromatic rings. The lowest BCUT2D eigenvalue weighted by Gasteiger charge is -2.53. The summed E-state index contributed by atoms with van der Waals surface area (Å²) >= 11 is 0. The van der Waals surface area contributed by atoms with Crippen LogP contribution in [0, 0.1) is 11.8 Å². The molecule has 4 heteroatoms. The average molecular weight is 356 g/mol. The van der Waals surface area contributed by atoms with E-state index < -0.39 is 0 Å². The van der Waals surface area contributed by atoms with Gasteiger partial charge in [0.15, 0.2) is 0 Å². The van der Waals surface area contributed by atoms with Gasteiger partial charge in [-0.05, 0) is 49.7 Å². The number of likely N-dealkylation sites (tertiary alicyclic amines) is 1. The van der Waals surface area contributed by atoms with Crippen LogP contribution in [-0.4, -0.2) is 42.6 Å². The van der Waals surface area contributed by atoms with Crippen molar-refractivity contribution in [1.29, 1.82) is 0 Å². The second kappa shape index (κ2) is 6.88. The highest BCUT2D eigenvalue weighted by Gasteiger charge is 2.45. The summed E-state index contributed by atoms with van der Waals surface area (Å²) in [7, 11) is 2.14. The molecule has 0 unspecified atom stereocenters. The van der Waals surface area contributed by atoms with E-state index in [0.29, 0.717) is 0 Å². The third-order valence-electron chi connectivity index (χ3n) is 7.32. The number of rotatable bonds is 2. The van der Waals surface area contributed by atoms with Crippen molar-refractivity contribution in [3.63, 3.8) is 0 Å². The topological polar surface area (TPSA) is 35.6 Å². The quantitative estimate of drug-likeness (QED) is 0.875. The fourth-order valence-corrected chi connectivity index (χ4v) is 5.40. The molecule has 26 heavy (non-hydrogen) atoms. The Morgan fingerprint density at radius 3 is 2.38 bits per heavy atom. The van der Waals surface area contributed by atoms with Gasteiger partial charge in [-0.2, -0.15) is 0 Å². The third kappa shape index (κ3) is 3.02. The molecule has 1 saturated heterocycles. The van der Waals surface area contributed by atoms with Gasteiger partial charge in [-0.25, -0.2) is 0 Å². The number of hydrogen-bond donors (Lipinski definition) is 1. The fourth-order valence-electron chi connectivity index (χ4n) is 5.40. The highest BCUT2D eigenvalue weighted by atomic mass is 16.2. The Labute approximate surface area is 157 Å². The molecule has 3 aliphatic rings. The Morgan fingerprint density at radius 1 is 1.08 bits per heavy atom. The molecule has 0 bridgehead atoms. The van der Waals surface area contributed by atoms with Crippen LogP contribution in [0.3, 0.4) is 0 Å². The minimum Gasteiger partial charge on any atom is -0.351 e. The van der Waals surface area contributed by atoms with E-state index in [1.807, 2.05) is 18.2 Å². The van der Waals surface area contributed by atoms with Crippen LogP contribution in [0.25, 0.3) is 0 Å². The molecule has 1 amide bonds. The van der Waals surface area contributed by atoms with E-state index in [1.165, 1.54) is 25.7 Å². The van der Waals surface area contributed by atoms with Gasteiger partial charge >= 0.3 is 0 Å². The van der Waals surface area contributed by atoms with Crippen molar-refractivity contribution >= 4 is 11.6 Å². The van der Waals surface area contributed by atoms with Gasteiger partial charge < -0.3 is 15.1 Å². The van der Waals surface area contributed by atoms with E-state index >= 15 is 0 Å². The molecule has 2 aliphatic heterocycles. The zero-order valence-electron chi connectivity index (χ0n) is 16.5. The SMILES string of the molecule is CC(C)C1CCC(N2CCC3(CC2)NC(=O)c2ccccc2N3C)CC1. The van der Waals surface area contributed by atoms with E-state index in [4.69, 9.17) is 0 Å². The van der Waals surface area contributed by atoms with Crippen molar-refractivity contribution < 1.29 is 4.79 Å². The van der Waals surface area contributed by atoms with Crippen molar-refractivity contribution in [2.45, 2.75) is 64.1 Å². The summed E-state index contributed by atoms with van der Waals surface area (Å²) in [4.78, 5) is 17.6. The van der Waals surface area contributed by atoms with Gasteiger partial charge in [-0.3, -0.25) is 4.79 Å². The molecule has 1 N–H and O–H groups in total. The Kier molecular flexibility index (Phi) is 4.72. The highest BCUT2D eigenvalue weighted by molar-refractivity contribution is 6.02. The monoisotopic (exact) mass is 355 g/mol. The minimum atomic E-state index is -0.211. The largest absolute Gasteiger partial charge is 0.351 e. The van der Waals surface area contributed by atoms with Crippen molar-refractivity contribution in [3.05, 3.63) is 29.8 Å². The third-order valence-corrected chi connectivity index (χ3v) is 7.32. The Morgan fingerprint density at radius 2 is 1.73 bits per heavy atom. The minimum absolute atomic E-state index is 0.0876. The van der Waals surface area contributed by atoms with Gasteiger partial charge in [0.05, 0.1) is 11.3 Å². The zero-order chi connectivity index (χ0) is 18.3. The first-order valence-corrected chi connectivity index (χ1v) is 10.4. The summed E-state index contributed by atoms with van der Waals surface area (Å²) in [6.07, 6.45) is 7.48. The molecule has 1 aromatic carbocycles. The molecule has 4 nitrogen and oxygen atoms in total. The van der Waals surface area contributed by atoms with Crippen LogP contribution in [0.5, 0.6) is 0 Å². The second-order valence-electron chi connectivity index (χ2n) is 8.91. The number of benzene rings is 1. The Bertz CT molecular complexity index is 655. The molecule has 1 aliphatic carbocycles. The van der Waals surface area contributed by atoms with Gasteiger partial charge in [0.1, 0.15) is 5.66 Å². The van der Waals surface area contributed by atoms with Crippen LogP contribution >= 0.6 is 0 Å². The first kappa shape index (κ1) is 17.8. The number of carbonyl (C=O) groups is 1. The Hall–Kier alpha value is -1.55. The number of nitrogens with zero attached hydrogens (tertiary/aromatic N) is 2. The fraction of sp³-hybridized carbons (Fsp3) is 0.682. The van der Waals surface area contributed by atoms with Crippen molar-refractivity contribution in [3.8, 4) is 0 Å². The molecule has 0 radical (unpaired) electrons. The van der Waals surface area contributed by atoms with E-state index in [2.05, 4.69) is 42.1 Å². The predicted molar refractivity (Wildman–Crippen MR) is 106 cm³/mol. The van der Waals surface area contributed by atoms with Gasteiger partial charge in [-0.1, -0.05) is 26.0 Å². The molecule has 2 heterocycles. The summed E-state index contributed by atoms with van der Waals surface area (Å²) < 4.78 is 0. The summed E-state index contributed by atoms with van der Waals surface area (Å²) in [5, 5.41) is 3.34. The lowest BCUT2D eigenvalue weighted by atomic mass is 9.78. The molecule has 4 rings (SSSR count). The molecule has 0 aromatic heterocycles. The summed E-state index contributed by atoms with van der Waals surface area (Å²) in [6, 6.07) is 8.73. The number of anilines is 1. The van der Waals surface area contributed by atoms with Crippen LogP contribution < -0.4 is 10.2 Å². The van der Waals surface area contributed by atoms with Crippen LogP contribution in [0.1, 0.15) is 62.7 Å². The number of fused-ring (bicyclic) bond motifs is 1. The molecule has 0 atom stereocenters. The van der Waals surface area contributed by atoms with E-state index in [9.17, 15) is 4.79 Å². The highest BCUT2D eigenvalue weighted by Crippen LogP contribution is 2.38. The summed E-state index contributed by atoms with van der Waals surface area (Å²) in [5.41, 5.74) is 1.66. The summed E-state index contributed by atoms with van der Waals surface area (Å²) in [5.74, 6) is 1.83. The van der Waals surface area contributed by atoms with Crippen molar-refractivity contribution in [2.24, 2.45) is 11.8 Å². The Balaban J connectivity index is 1.42. The van der Waals surface area contributed by atoms with Gasteiger partial charge in [0.25, 0.3) is 5.91 Å². The van der Waals surface area contributed by atoms with E-state index in [0.717, 1.165) is 55.1 Å². The number of nitrogens with one attached hydrogen (secondary N) is 1. The molecule has 1 spiro atoms. The normalized spacial score (nSPS) is 28.9.